The van der Waals surface area contributed by atoms with Gasteiger partial charge >= 0.3 is 0 Å². The van der Waals surface area contributed by atoms with Gasteiger partial charge in [0, 0.05) is 11.6 Å². The minimum atomic E-state index is -0.580. The Hall–Kier alpha value is -4.21. The van der Waals surface area contributed by atoms with Crippen LogP contribution < -0.4 is 16.4 Å². The lowest BCUT2D eigenvalue weighted by molar-refractivity contribution is 0.0867. The number of nitrogens with two attached hydrogens (primary N) is 1. The van der Waals surface area contributed by atoms with E-state index >= 15 is 0 Å². The Morgan fingerprint density at radius 2 is 1.81 bits per heavy atom. The number of aromatic nitrogens is 3. The first kappa shape index (κ1) is 24.5. The summed E-state index contributed by atoms with van der Waals surface area (Å²) >= 11 is 6.38. The fraction of sp³-hybridized carbons (Fsp3) is 0.185. The molecular formula is C27H25ClN6O3. The fourth-order valence-electron chi connectivity index (χ4n) is 4.35. The standard InChI is InChI=1S/C27H25ClN6O3/c28-19-13-12-16(20-8-5-11-24(29)30-20)14-18(19)26(36)32-25-15-22(27(37)31-21-9-4-10-23(21)35)33-34(25)17-6-2-1-3-7-17/h1-3,5-8,11-15,21,23,35H,4,9-10H2,(H2,29,30)(H,31,37)(H,32,36)/t21-,23+/m1/s1. The first-order chi connectivity index (χ1) is 17.9. The number of nitrogen functional groups attached to an aromatic ring is 1. The van der Waals surface area contributed by atoms with Crippen LogP contribution in [0.5, 0.6) is 0 Å². The van der Waals surface area contributed by atoms with Crippen molar-refractivity contribution >= 4 is 35.1 Å². The molecule has 1 fully saturated rings. The summed E-state index contributed by atoms with van der Waals surface area (Å²) in [5, 5.41) is 20.5. The van der Waals surface area contributed by atoms with Gasteiger partial charge in [-0.25, -0.2) is 9.67 Å². The predicted molar refractivity (Wildman–Crippen MR) is 142 cm³/mol. The zero-order valence-electron chi connectivity index (χ0n) is 19.8. The molecule has 5 N–H and O–H groups in total. The van der Waals surface area contributed by atoms with Crippen molar-refractivity contribution in [1.82, 2.24) is 20.1 Å². The third kappa shape index (κ3) is 5.32. The number of aliphatic hydroxyl groups excluding tert-OH is 1. The second kappa shape index (κ2) is 10.4. The van der Waals surface area contributed by atoms with Gasteiger partial charge < -0.3 is 21.5 Å². The molecule has 37 heavy (non-hydrogen) atoms. The zero-order chi connectivity index (χ0) is 25.9. The number of nitrogens with one attached hydrogen (secondary N) is 2. The molecule has 0 saturated heterocycles. The molecule has 1 saturated carbocycles. The van der Waals surface area contributed by atoms with E-state index in [1.165, 1.54) is 10.7 Å². The summed E-state index contributed by atoms with van der Waals surface area (Å²) in [4.78, 5) is 30.6. The molecule has 1 aliphatic carbocycles. The Balaban J connectivity index is 1.45. The van der Waals surface area contributed by atoms with Crippen molar-refractivity contribution in [1.29, 1.82) is 0 Å². The maximum Gasteiger partial charge on any atom is 0.272 e. The van der Waals surface area contributed by atoms with Crippen LogP contribution >= 0.6 is 11.6 Å². The number of hydrogen-bond acceptors (Lipinski definition) is 6. The van der Waals surface area contributed by atoms with E-state index in [1.54, 1.807) is 36.4 Å². The SMILES string of the molecule is Nc1cccc(-c2ccc(Cl)c(C(=O)Nc3cc(C(=O)N[C@@H]4CCC[C@@H]4O)nn3-c3ccccc3)c2)n1. The highest BCUT2D eigenvalue weighted by molar-refractivity contribution is 6.34. The Kier molecular flexibility index (Phi) is 6.89. The van der Waals surface area contributed by atoms with Crippen LogP contribution in [0.3, 0.4) is 0 Å². The molecule has 2 aromatic carbocycles. The average molecular weight is 517 g/mol. The number of aliphatic hydroxyl groups is 1. The molecular weight excluding hydrogens is 492 g/mol. The number of para-hydroxylation sites is 1. The topological polar surface area (TPSA) is 135 Å². The van der Waals surface area contributed by atoms with E-state index < -0.39 is 17.9 Å². The van der Waals surface area contributed by atoms with Gasteiger partial charge in [-0.1, -0.05) is 41.9 Å². The third-order valence-corrected chi connectivity index (χ3v) is 6.59. The number of carbonyl (C=O) groups is 2. The number of nitrogens with zero attached hydrogens (tertiary/aromatic N) is 3. The summed E-state index contributed by atoms with van der Waals surface area (Å²) in [5.74, 6) is -0.257. The normalized spacial score (nSPS) is 16.9. The fourth-order valence-corrected chi connectivity index (χ4v) is 4.56. The first-order valence-corrected chi connectivity index (χ1v) is 12.2. The highest BCUT2D eigenvalue weighted by atomic mass is 35.5. The minimum Gasteiger partial charge on any atom is -0.391 e. The van der Waals surface area contributed by atoms with Gasteiger partial charge in [-0.15, -0.1) is 0 Å². The summed E-state index contributed by atoms with van der Waals surface area (Å²) in [6.07, 6.45) is 1.61. The Bertz CT molecular complexity index is 1460. The Labute approximate surface area is 218 Å². The number of anilines is 2. The van der Waals surface area contributed by atoms with E-state index in [0.29, 0.717) is 35.6 Å². The second-order valence-corrected chi connectivity index (χ2v) is 9.24. The summed E-state index contributed by atoms with van der Waals surface area (Å²) in [6.45, 7) is 0. The van der Waals surface area contributed by atoms with Crippen molar-refractivity contribution in [3.05, 3.63) is 89.1 Å². The molecule has 10 heteroatoms. The molecule has 0 unspecified atom stereocenters. The third-order valence-electron chi connectivity index (χ3n) is 6.26. The van der Waals surface area contributed by atoms with Crippen molar-refractivity contribution in [2.75, 3.05) is 11.1 Å². The number of hydrogen-bond donors (Lipinski definition) is 4. The Morgan fingerprint density at radius 3 is 2.54 bits per heavy atom. The summed E-state index contributed by atoms with van der Waals surface area (Å²) in [5.41, 5.74) is 8.08. The number of rotatable bonds is 6. The molecule has 0 bridgehead atoms. The van der Waals surface area contributed by atoms with Gasteiger partial charge in [0.2, 0.25) is 0 Å². The zero-order valence-corrected chi connectivity index (χ0v) is 20.5. The van der Waals surface area contributed by atoms with Crippen LogP contribution in [0.25, 0.3) is 16.9 Å². The van der Waals surface area contributed by atoms with Crippen LogP contribution in [0.4, 0.5) is 11.6 Å². The van der Waals surface area contributed by atoms with Crippen molar-refractivity contribution in [3.63, 3.8) is 0 Å². The Morgan fingerprint density at radius 1 is 1.00 bits per heavy atom. The van der Waals surface area contributed by atoms with Gasteiger partial charge in [0.05, 0.1) is 34.1 Å². The molecule has 9 nitrogen and oxygen atoms in total. The van der Waals surface area contributed by atoms with Crippen LogP contribution in [-0.2, 0) is 0 Å². The molecule has 2 atom stereocenters. The van der Waals surface area contributed by atoms with Crippen LogP contribution in [0.15, 0.2) is 72.8 Å². The molecule has 188 valence electrons. The van der Waals surface area contributed by atoms with Gasteiger partial charge in [-0.2, -0.15) is 5.10 Å². The van der Waals surface area contributed by atoms with Gasteiger partial charge in [-0.05, 0) is 55.7 Å². The lowest BCUT2D eigenvalue weighted by atomic mass is 10.1. The summed E-state index contributed by atoms with van der Waals surface area (Å²) in [7, 11) is 0. The van der Waals surface area contributed by atoms with E-state index in [0.717, 1.165) is 6.42 Å². The van der Waals surface area contributed by atoms with Gasteiger partial charge in [0.15, 0.2) is 5.69 Å². The number of pyridine rings is 1. The molecule has 2 heterocycles. The van der Waals surface area contributed by atoms with Crippen LogP contribution in [0.1, 0.15) is 40.1 Å². The predicted octanol–water partition coefficient (Wildman–Crippen LogP) is 4.07. The number of amides is 2. The van der Waals surface area contributed by atoms with E-state index in [4.69, 9.17) is 17.3 Å². The molecule has 1 aliphatic rings. The molecule has 0 radical (unpaired) electrons. The van der Waals surface area contributed by atoms with Gasteiger partial charge in [0.25, 0.3) is 11.8 Å². The largest absolute Gasteiger partial charge is 0.391 e. The lowest BCUT2D eigenvalue weighted by Crippen LogP contribution is -2.40. The van der Waals surface area contributed by atoms with Crippen molar-refractivity contribution < 1.29 is 14.7 Å². The lowest BCUT2D eigenvalue weighted by Gasteiger charge is -2.15. The summed E-state index contributed by atoms with van der Waals surface area (Å²) in [6, 6.07) is 20.6. The average Bonchev–Trinajstić information content (AvgIpc) is 3.50. The maximum atomic E-state index is 13.4. The molecule has 5 rings (SSSR count). The van der Waals surface area contributed by atoms with Crippen LogP contribution in [0.2, 0.25) is 5.02 Å². The smallest absolute Gasteiger partial charge is 0.272 e. The van der Waals surface area contributed by atoms with Gasteiger partial charge in [0.1, 0.15) is 11.6 Å². The molecule has 0 aliphatic heterocycles. The monoisotopic (exact) mass is 516 g/mol. The van der Waals surface area contributed by atoms with E-state index in [9.17, 15) is 14.7 Å². The van der Waals surface area contributed by atoms with E-state index in [2.05, 4.69) is 20.7 Å². The van der Waals surface area contributed by atoms with Crippen molar-refractivity contribution in [3.8, 4) is 16.9 Å². The van der Waals surface area contributed by atoms with Crippen LogP contribution in [0, 0.1) is 0 Å². The quantitative estimate of drug-likeness (QED) is 0.305. The highest BCUT2D eigenvalue weighted by Gasteiger charge is 2.28. The number of halogens is 1. The van der Waals surface area contributed by atoms with E-state index in [1.807, 2.05) is 30.3 Å². The summed E-state index contributed by atoms with van der Waals surface area (Å²) < 4.78 is 1.48. The molecule has 4 aromatic rings. The van der Waals surface area contributed by atoms with E-state index in [-0.39, 0.29) is 28.1 Å². The molecule has 2 aromatic heterocycles. The highest BCUT2D eigenvalue weighted by Crippen LogP contribution is 2.27. The maximum absolute atomic E-state index is 13.4. The first-order valence-electron chi connectivity index (χ1n) is 11.9. The van der Waals surface area contributed by atoms with Crippen molar-refractivity contribution in [2.45, 2.75) is 31.4 Å². The number of benzene rings is 2. The molecule has 0 spiro atoms. The van der Waals surface area contributed by atoms with Crippen LogP contribution in [-0.4, -0.2) is 43.8 Å². The van der Waals surface area contributed by atoms with Crippen molar-refractivity contribution in [2.24, 2.45) is 0 Å². The number of carbonyl (C=O) groups excluding carboxylic acids is 2. The second-order valence-electron chi connectivity index (χ2n) is 8.84. The minimum absolute atomic E-state index is 0.113. The molecule has 2 amide bonds. The van der Waals surface area contributed by atoms with Gasteiger partial charge in [-0.3, -0.25) is 9.59 Å².